The summed E-state index contributed by atoms with van der Waals surface area (Å²) in [6.45, 7) is 3.15. The maximum Gasteiger partial charge on any atom is 0.258 e. The normalized spacial score (nSPS) is 16.7. The number of nitrogens with zero attached hydrogens (tertiary/aromatic N) is 7. The van der Waals surface area contributed by atoms with Crippen molar-refractivity contribution in [2.45, 2.75) is 25.9 Å². The second kappa shape index (κ2) is 7.58. The van der Waals surface area contributed by atoms with Crippen LogP contribution in [0.1, 0.15) is 28.9 Å². The van der Waals surface area contributed by atoms with Crippen LogP contribution in [-0.4, -0.2) is 59.4 Å². The quantitative estimate of drug-likeness (QED) is 0.519. The van der Waals surface area contributed by atoms with Crippen molar-refractivity contribution >= 4 is 11.6 Å². The molecule has 1 fully saturated rings. The fourth-order valence-electron chi connectivity index (χ4n) is 3.82. The number of carbonyl (C=O) groups excluding carboxylic acids is 1. The number of aryl methyl sites for hydroxylation is 1. The zero-order valence-electron chi connectivity index (χ0n) is 16.5. The van der Waals surface area contributed by atoms with Crippen LogP contribution in [0.2, 0.25) is 0 Å². The molecule has 4 aromatic rings. The minimum atomic E-state index is -0.145. The van der Waals surface area contributed by atoms with Gasteiger partial charge in [-0.25, -0.2) is 9.97 Å². The van der Waals surface area contributed by atoms with Gasteiger partial charge in [-0.3, -0.25) is 9.20 Å². The Morgan fingerprint density at radius 3 is 2.83 bits per heavy atom. The predicted octanol–water partition coefficient (Wildman–Crippen LogP) is 2.30. The van der Waals surface area contributed by atoms with Gasteiger partial charge in [-0.2, -0.15) is 15.0 Å². The van der Waals surface area contributed by atoms with Gasteiger partial charge in [0, 0.05) is 30.8 Å². The van der Waals surface area contributed by atoms with Gasteiger partial charge in [0.25, 0.3) is 11.8 Å². The van der Waals surface area contributed by atoms with Crippen molar-refractivity contribution in [1.82, 2.24) is 34.3 Å². The molecule has 0 bridgehead atoms. The summed E-state index contributed by atoms with van der Waals surface area (Å²) >= 11 is 0. The van der Waals surface area contributed by atoms with Crippen LogP contribution in [0.3, 0.4) is 0 Å². The fraction of sp³-hybridized carbons (Fsp3) is 0.286. The molecule has 3 aromatic heterocycles. The number of hydrogen-bond donors (Lipinski definition) is 0. The van der Waals surface area contributed by atoms with Crippen LogP contribution in [0.4, 0.5) is 0 Å². The lowest BCUT2D eigenvalue weighted by Gasteiger charge is -2.33. The topological polar surface area (TPSA) is 90.4 Å². The standard InChI is InChI=1S/C21H21N7O2/c1-15-13-23-19-20(22-10-12-27(15)19)30-16-5-4-11-26(14-16)21(29)17-6-2-3-7-18(17)28-24-8-9-25-28/h2-3,6-10,12-13,16H,4-5,11,14H2,1H3. The average molecular weight is 403 g/mol. The van der Waals surface area contributed by atoms with Gasteiger partial charge in [-0.15, -0.1) is 0 Å². The van der Waals surface area contributed by atoms with Gasteiger partial charge in [0.1, 0.15) is 6.10 Å². The van der Waals surface area contributed by atoms with Crippen LogP contribution in [0.15, 0.2) is 55.2 Å². The number of para-hydroxylation sites is 1. The molecule has 4 heterocycles. The number of fused-ring (bicyclic) bond motifs is 1. The summed E-state index contributed by atoms with van der Waals surface area (Å²) in [5.41, 5.74) is 2.93. The van der Waals surface area contributed by atoms with Crippen molar-refractivity contribution in [2.75, 3.05) is 13.1 Å². The van der Waals surface area contributed by atoms with E-state index in [2.05, 4.69) is 20.2 Å². The van der Waals surface area contributed by atoms with E-state index in [0.717, 1.165) is 18.5 Å². The van der Waals surface area contributed by atoms with Gasteiger partial charge in [0.05, 0.1) is 30.2 Å². The molecule has 0 saturated carbocycles. The molecule has 0 aliphatic carbocycles. The summed E-state index contributed by atoms with van der Waals surface area (Å²) < 4.78 is 8.13. The molecule has 9 nitrogen and oxygen atoms in total. The van der Waals surface area contributed by atoms with Crippen molar-refractivity contribution in [3.8, 4) is 11.6 Å². The van der Waals surface area contributed by atoms with Gasteiger partial charge in [-0.05, 0) is 31.9 Å². The van der Waals surface area contributed by atoms with Gasteiger partial charge in [0.2, 0.25) is 5.65 Å². The van der Waals surface area contributed by atoms with Crippen LogP contribution in [0.5, 0.6) is 5.88 Å². The van der Waals surface area contributed by atoms with Gasteiger partial charge in [-0.1, -0.05) is 12.1 Å². The van der Waals surface area contributed by atoms with Crippen LogP contribution in [-0.2, 0) is 0 Å². The van der Waals surface area contributed by atoms with E-state index in [-0.39, 0.29) is 12.0 Å². The summed E-state index contributed by atoms with van der Waals surface area (Å²) in [5.74, 6) is 0.435. The molecule has 5 rings (SSSR count). The molecule has 0 radical (unpaired) electrons. The number of benzene rings is 1. The zero-order chi connectivity index (χ0) is 20.5. The highest BCUT2D eigenvalue weighted by molar-refractivity contribution is 5.97. The number of hydrogen-bond acceptors (Lipinski definition) is 6. The summed E-state index contributed by atoms with van der Waals surface area (Å²) in [5, 5.41) is 8.34. The number of ether oxygens (including phenoxy) is 1. The van der Waals surface area contributed by atoms with E-state index in [0.29, 0.717) is 35.9 Å². The zero-order valence-corrected chi connectivity index (χ0v) is 16.5. The maximum atomic E-state index is 13.3. The lowest BCUT2D eigenvalue weighted by Crippen LogP contribution is -2.44. The Hall–Kier alpha value is -3.75. The third-order valence-electron chi connectivity index (χ3n) is 5.29. The summed E-state index contributed by atoms with van der Waals surface area (Å²) in [7, 11) is 0. The monoisotopic (exact) mass is 403 g/mol. The Labute approximate surface area is 172 Å². The molecule has 9 heteroatoms. The molecule has 0 N–H and O–H groups in total. The summed E-state index contributed by atoms with van der Waals surface area (Å²) in [6.07, 6.45) is 10.1. The van der Waals surface area contributed by atoms with Crippen LogP contribution in [0.25, 0.3) is 11.3 Å². The maximum absolute atomic E-state index is 13.3. The number of aromatic nitrogens is 6. The van der Waals surface area contributed by atoms with Crippen LogP contribution >= 0.6 is 0 Å². The number of imidazole rings is 1. The Morgan fingerprint density at radius 1 is 1.13 bits per heavy atom. The highest BCUT2D eigenvalue weighted by atomic mass is 16.5. The lowest BCUT2D eigenvalue weighted by molar-refractivity contribution is 0.0530. The van der Waals surface area contributed by atoms with Crippen LogP contribution in [0, 0.1) is 6.92 Å². The van der Waals surface area contributed by atoms with E-state index in [1.54, 1.807) is 30.9 Å². The molecule has 1 saturated heterocycles. The van der Waals surface area contributed by atoms with Crippen molar-refractivity contribution in [3.63, 3.8) is 0 Å². The second-order valence-electron chi connectivity index (χ2n) is 7.29. The number of likely N-dealkylation sites (tertiary alicyclic amines) is 1. The first-order valence-electron chi connectivity index (χ1n) is 9.91. The largest absolute Gasteiger partial charge is 0.470 e. The van der Waals surface area contributed by atoms with E-state index in [4.69, 9.17) is 4.74 Å². The van der Waals surface area contributed by atoms with E-state index in [1.165, 1.54) is 4.80 Å². The van der Waals surface area contributed by atoms with E-state index in [9.17, 15) is 4.79 Å². The minimum Gasteiger partial charge on any atom is -0.470 e. The number of amides is 1. The number of rotatable bonds is 4. The SMILES string of the molecule is Cc1cnc2c(OC3CCCN(C(=O)c4ccccc4-n4nccn4)C3)nccn12. The lowest BCUT2D eigenvalue weighted by atomic mass is 10.1. The molecular formula is C21H21N7O2. The molecule has 30 heavy (non-hydrogen) atoms. The highest BCUT2D eigenvalue weighted by Gasteiger charge is 2.28. The van der Waals surface area contributed by atoms with Gasteiger partial charge < -0.3 is 9.64 Å². The molecule has 1 atom stereocenters. The molecule has 152 valence electrons. The second-order valence-corrected chi connectivity index (χ2v) is 7.29. The fourth-order valence-corrected chi connectivity index (χ4v) is 3.82. The number of carbonyl (C=O) groups is 1. The van der Waals surface area contributed by atoms with Crippen molar-refractivity contribution < 1.29 is 9.53 Å². The molecule has 1 aliphatic rings. The van der Waals surface area contributed by atoms with E-state index in [1.807, 2.05) is 40.6 Å². The molecule has 1 unspecified atom stereocenters. The van der Waals surface area contributed by atoms with Crippen molar-refractivity contribution in [3.05, 3.63) is 66.5 Å². The smallest absolute Gasteiger partial charge is 0.258 e. The number of piperidine rings is 1. The summed E-state index contributed by atoms with van der Waals surface area (Å²) in [4.78, 5) is 25.4. The first-order chi connectivity index (χ1) is 14.7. The summed E-state index contributed by atoms with van der Waals surface area (Å²) in [6, 6.07) is 7.37. The molecular weight excluding hydrogens is 382 g/mol. The Morgan fingerprint density at radius 2 is 1.97 bits per heavy atom. The molecule has 0 spiro atoms. The van der Waals surface area contributed by atoms with Crippen molar-refractivity contribution in [1.29, 1.82) is 0 Å². The van der Waals surface area contributed by atoms with Crippen molar-refractivity contribution in [2.24, 2.45) is 0 Å². The molecule has 1 aliphatic heterocycles. The average Bonchev–Trinajstić information content (AvgIpc) is 3.45. The molecule has 1 amide bonds. The first kappa shape index (κ1) is 18.3. The molecule has 1 aromatic carbocycles. The van der Waals surface area contributed by atoms with E-state index >= 15 is 0 Å². The highest BCUT2D eigenvalue weighted by Crippen LogP contribution is 2.23. The van der Waals surface area contributed by atoms with Crippen LogP contribution < -0.4 is 4.74 Å². The third kappa shape index (κ3) is 3.28. The Balaban J connectivity index is 1.37. The third-order valence-corrected chi connectivity index (χ3v) is 5.29. The Kier molecular flexibility index (Phi) is 4.62. The van der Waals surface area contributed by atoms with Gasteiger partial charge in [0.15, 0.2) is 0 Å². The minimum absolute atomic E-state index is 0.0565. The van der Waals surface area contributed by atoms with Gasteiger partial charge >= 0.3 is 0 Å². The Bertz CT molecular complexity index is 1190. The van der Waals surface area contributed by atoms with E-state index < -0.39 is 0 Å². The first-order valence-corrected chi connectivity index (χ1v) is 9.91. The predicted molar refractivity (Wildman–Crippen MR) is 109 cm³/mol.